The summed E-state index contributed by atoms with van der Waals surface area (Å²) >= 11 is 0. The fraction of sp³-hybridized carbons (Fsp3) is 0.571. The first-order chi connectivity index (χ1) is 8.08. The van der Waals surface area contributed by atoms with Crippen LogP contribution >= 0.6 is 0 Å². The van der Waals surface area contributed by atoms with Crippen LogP contribution in [0.2, 0.25) is 0 Å². The Morgan fingerprint density at radius 2 is 1.88 bits per heavy atom. The average molecular weight is 234 g/mol. The van der Waals surface area contributed by atoms with Crippen molar-refractivity contribution in [3.05, 3.63) is 29.3 Å². The highest BCUT2D eigenvalue weighted by molar-refractivity contribution is 5.59. The Morgan fingerprint density at radius 1 is 1.24 bits per heavy atom. The van der Waals surface area contributed by atoms with Crippen LogP contribution in [0.1, 0.15) is 18.1 Å². The van der Waals surface area contributed by atoms with Gasteiger partial charge < -0.3 is 15.3 Å². The molecule has 0 amide bonds. The van der Waals surface area contributed by atoms with Crippen molar-refractivity contribution in [1.29, 1.82) is 0 Å². The van der Waals surface area contributed by atoms with Gasteiger partial charge in [0.25, 0.3) is 0 Å². The Balaban J connectivity index is 2.30. The minimum atomic E-state index is -0.293. The van der Waals surface area contributed by atoms with E-state index in [9.17, 15) is 5.11 Å². The summed E-state index contributed by atoms with van der Waals surface area (Å²) in [6.07, 6.45) is -0.293. The fourth-order valence-electron chi connectivity index (χ4n) is 2.61. The second-order valence-corrected chi connectivity index (χ2v) is 5.11. The van der Waals surface area contributed by atoms with Gasteiger partial charge in [-0.15, -0.1) is 0 Å². The molecule has 3 nitrogen and oxygen atoms in total. The molecule has 2 atom stereocenters. The number of hydrogen-bond donors (Lipinski definition) is 2. The lowest BCUT2D eigenvalue weighted by atomic mass is 10.1. The molecule has 0 aliphatic carbocycles. The summed E-state index contributed by atoms with van der Waals surface area (Å²) < 4.78 is 0. The molecule has 1 heterocycles. The molecule has 0 radical (unpaired) electrons. The van der Waals surface area contributed by atoms with Crippen LogP contribution in [0.5, 0.6) is 0 Å². The molecule has 1 aliphatic rings. The monoisotopic (exact) mass is 234 g/mol. The Labute approximate surface area is 103 Å². The normalized spacial score (nSPS) is 25.8. The maximum absolute atomic E-state index is 9.92. The number of hydrogen-bond acceptors (Lipinski definition) is 3. The third-order valence-corrected chi connectivity index (χ3v) is 3.38. The third kappa shape index (κ3) is 2.79. The number of nitrogens with zero attached hydrogens (tertiary/aromatic N) is 1. The van der Waals surface area contributed by atoms with Crippen LogP contribution in [0, 0.1) is 13.8 Å². The first kappa shape index (κ1) is 12.4. The molecular formula is C14H22N2O. The van der Waals surface area contributed by atoms with Gasteiger partial charge >= 0.3 is 0 Å². The van der Waals surface area contributed by atoms with Crippen molar-refractivity contribution in [2.45, 2.75) is 32.9 Å². The van der Waals surface area contributed by atoms with Crippen molar-refractivity contribution in [3.63, 3.8) is 0 Å². The minimum absolute atomic E-state index is 0.293. The zero-order valence-electron chi connectivity index (χ0n) is 10.9. The number of β-amino-alcohol motifs (C(OH)–C–C–N with tert-alkyl or cyclic N) is 1. The lowest BCUT2D eigenvalue weighted by Gasteiger charge is -2.29. The summed E-state index contributed by atoms with van der Waals surface area (Å²) in [5, 5.41) is 13.3. The summed E-state index contributed by atoms with van der Waals surface area (Å²) in [5.41, 5.74) is 3.85. The Kier molecular flexibility index (Phi) is 3.69. The van der Waals surface area contributed by atoms with E-state index in [0.717, 1.165) is 6.54 Å². The van der Waals surface area contributed by atoms with Crippen LogP contribution in [-0.4, -0.2) is 36.9 Å². The van der Waals surface area contributed by atoms with Crippen LogP contribution in [0.3, 0.4) is 0 Å². The van der Waals surface area contributed by atoms with E-state index in [-0.39, 0.29) is 6.10 Å². The van der Waals surface area contributed by atoms with Crippen LogP contribution in [0.15, 0.2) is 18.2 Å². The van der Waals surface area contributed by atoms with Crippen molar-refractivity contribution in [2.75, 3.05) is 24.5 Å². The molecule has 94 valence electrons. The maximum Gasteiger partial charge on any atom is 0.0839 e. The predicted molar refractivity (Wildman–Crippen MR) is 71.6 cm³/mol. The van der Waals surface area contributed by atoms with E-state index in [1.54, 1.807) is 0 Å². The number of aliphatic hydroxyl groups is 1. The van der Waals surface area contributed by atoms with E-state index in [0.29, 0.717) is 19.1 Å². The smallest absolute Gasteiger partial charge is 0.0839 e. The van der Waals surface area contributed by atoms with Gasteiger partial charge in [-0.1, -0.05) is 18.2 Å². The lowest BCUT2D eigenvalue weighted by Crippen LogP contribution is -2.36. The molecule has 2 N–H and O–H groups in total. The van der Waals surface area contributed by atoms with E-state index < -0.39 is 0 Å². The summed E-state index contributed by atoms with van der Waals surface area (Å²) in [7, 11) is 0. The standard InChI is InChI=1S/C14H22N2O/c1-10-5-4-6-11(2)14(10)16-8-12(3)15-7-13(17)9-16/h4-6,12-13,15,17H,7-9H2,1-3H3. The average Bonchev–Trinajstić information content (AvgIpc) is 2.40. The Hall–Kier alpha value is -1.06. The van der Waals surface area contributed by atoms with E-state index in [4.69, 9.17) is 0 Å². The van der Waals surface area contributed by atoms with Gasteiger partial charge in [0.05, 0.1) is 6.10 Å². The molecule has 1 aliphatic heterocycles. The topological polar surface area (TPSA) is 35.5 Å². The first-order valence-corrected chi connectivity index (χ1v) is 6.30. The molecule has 3 heteroatoms. The van der Waals surface area contributed by atoms with Crippen LogP contribution in [0.25, 0.3) is 0 Å². The highest BCUT2D eigenvalue weighted by atomic mass is 16.3. The summed E-state index contributed by atoms with van der Waals surface area (Å²) in [6.45, 7) is 8.78. The zero-order chi connectivity index (χ0) is 12.4. The van der Waals surface area contributed by atoms with E-state index in [1.165, 1.54) is 16.8 Å². The van der Waals surface area contributed by atoms with Gasteiger partial charge in [0.2, 0.25) is 0 Å². The molecule has 0 saturated carbocycles. The van der Waals surface area contributed by atoms with Gasteiger partial charge in [-0.25, -0.2) is 0 Å². The maximum atomic E-state index is 9.92. The molecule has 0 bridgehead atoms. The third-order valence-electron chi connectivity index (χ3n) is 3.38. The SMILES string of the molecule is Cc1cccc(C)c1N1CC(O)CNC(C)C1. The number of rotatable bonds is 1. The van der Waals surface area contributed by atoms with E-state index in [1.807, 2.05) is 0 Å². The van der Waals surface area contributed by atoms with Crippen molar-refractivity contribution in [3.8, 4) is 0 Å². The molecule has 2 unspecified atom stereocenters. The van der Waals surface area contributed by atoms with E-state index in [2.05, 4.69) is 49.2 Å². The molecule has 1 fully saturated rings. The molecule has 17 heavy (non-hydrogen) atoms. The second kappa shape index (κ2) is 5.07. The molecular weight excluding hydrogens is 212 g/mol. The molecule has 0 aromatic heterocycles. The number of aliphatic hydroxyl groups excluding tert-OH is 1. The van der Waals surface area contributed by atoms with E-state index >= 15 is 0 Å². The number of anilines is 1. The second-order valence-electron chi connectivity index (χ2n) is 5.11. The number of para-hydroxylation sites is 1. The first-order valence-electron chi connectivity index (χ1n) is 6.30. The molecule has 1 saturated heterocycles. The quantitative estimate of drug-likeness (QED) is 0.772. The minimum Gasteiger partial charge on any atom is -0.390 e. The lowest BCUT2D eigenvalue weighted by molar-refractivity contribution is 0.183. The van der Waals surface area contributed by atoms with Gasteiger partial charge in [-0.3, -0.25) is 0 Å². The number of nitrogens with one attached hydrogen (secondary N) is 1. The molecule has 1 aromatic carbocycles. The van der Waals surface area contributed by atoms with Gasteiger partial charge in [-0.05, 0) is 31.9 Å². The summed E-state index contributed by atoms with van der Waals surface area (Å²) in [6, 6.07) is 6.77. The molecule has 2 rings (SSSR count). The summed E-state index contributed by atoms with van der Waals surface area (Å²) in [4.78, 5) is 2.31. The Morgan fingerprint density at radius 3 is 2.53 bits per heavy atom. The van der Waals surface area contributed by atoms with Crippen molar-refractivity contribution >= 4 is 5.69 Å². The fourth-order valence-corrected chi connectivity index (χ4v) is 2.61. The number of benzene rings is 1. The van der Waals surface area contributed by atoms with Crippen LogP contribution < -0.4 is 10.2 Å². The molecule has 0 spiro atoms. The molecule has 1 aromatic rings. The Bertz CT molecular complexity index is 360. The largest absolute Gasteiger partial charge is 0.390 e. The summed E-state index contributed by atoms with van der Waals surface area (Å²) in [5.74, 6) is 0. The predicted octanol–water partition coefficient (Wildman–Crippen LogP) is 1.46. The van der Waals surface area contributed by atoms with Crippen molar-refractivity contribution in [2.24, 2.45) is 0 Å². The number of aryl methyl sites for hydroxylation is 2. The zero-order valence-corrected chi connectivity index (χ0v) is 10.9. The van der Waals surface area contributed by atoms with Gasteiger partial charge in [0, 0.05) is 31.4 Å². The van der Waals surface area contributed by atoms with Crippen molar-refractivity contribution < 1.29 is 5.11 Å². The highest BCUT2D eigenvalue weighted by Crippen LogP contribution is 2.25. The van der Waals surface area contributed by atoms with Gasteiger partial charge in [-0.2, -0.15) is 0 Å². The van der Waals surface area contributed by atoms with Crippen LogP contribution in [-0.2, 0) is 0 Å². The van der Waals surface area contributed by atoms with Crippen molar-refractivity contribution in [1.82, 2.24) is 5.32 Å². The van der Waals surface area contributed by atoms with Crippen LogP contribution in [0.4, 0.5) is 5.69 Å². The van der Waals surface area contributed by atoms with Gasteiger partial charge in [0.1, 0.15) is 0 Å². The van der Waals surface area contributed by atoms with Gasteiger partial charge in [0.15, 0.2) is 0 Å². The highest BCUT2D eigenvalue weighted by Gasteiger charge is 2.21.